The smallest absolute Gasteiger partial charge is 0.410 e. The average Bonchev–Trinajstić information content (AvgIpc) is 2.59. The van der Waals surface area contributed by atoms with Crippen LogP contribution in [0.25, 0.3) is 0 Å². The summed E-state index contributed by atoms with van der Waals surface area (Å²) in [5.74, 6) is 0. The largest absolute Gasteiger partial charge is 0.444 e. The summed E-state index contributed by atoms with van der Waals surface area (Å²) >= 11 is 0. The van der Waals surface area contributed by atoms with Crippen molar-refractivity contribution in [2.45, 2.75) is 44.9 Å². The minimum atomic E-state index is -0.383. The quantitative estimate of drug-likeness (QED) is 0.630. The molecule has 2 rings (SSSR count). The number of nitrogens with zero attached hydrogens (tertiary/aromatic N) is 1. The summed E-state index contributed by atoms with van der Waals surface area (Å²) in [6, 6.07) is 0.849. The van der Waals surface area contributed by atoms with Crippen LogP contribution in [0.2, 0.25) is 0 Å². The maximum absolute atomic E-state index is 11.7. The van der Waals surface area contributed by atoms with Crippen LogP contribution in [0.15, 0.2) is 0 Å². The standard InChI is InChI=1S/C10H18N2O2/c1-10(2,3)14-9(13)12-6-7-4-8(12)5-11-7/h7-8,11H,4-6H2,1-3H3/t7-,8+/m0/s1. The van der Waals surface area contributed by atoms with E-state index in [-0.39, 0.29) is 11.7 Å². The molecule has 0 radical (unpaired) electrons. The summed E-state index contributed by atoms with van der Waals surface area (Å²) in [6.07, 6.45) is 0.922. The molecule has 80 valence electrons. The highest BCUT2D eigenvalue weighted by Gasteiger charge is 2.41. The zero-order valence-electron chi connectivity index (χ0n) is 9.04. The Labute approximate surface area is 84.6 Å². The van der Waals surface area contributed by atoms with E-state index in [1.165, 1.54) is 0 Å². The Balaban J connectivity index is 1.93. The van der Waals surface area contributed by atoms with Crippen LogP contribution >= 0.6 is 0 Å². The molecule has 0 saturated carbocycles. The molecule has 0 aromatic carbocycles. The number of carbonyl (C=O) groups is 1. The third-order valence-corrected chi connectivity index (χ3v) is 2.68. The van der Waals surface area contributed by atoms with Crippen molar-refractivity contribution in [2.24, 2.45) is 0 Å². The van der Waals surface area contributed by atoms with Gasteiger partial charge in [-0.05, 0) is 27.2 Å². The summed E-state index contributed by atoms with van der Waals surface area (Å²) in [7, 11) is 0. The minimum absolute atomic E-state index is 0.161. The van der Waals surface area contributed by atoms with Gasteiger partial charge in [0.05, 0.1) is 0 Å². The fourth-order valence-electron chi connectivity index (χ4n) is 2.10. The van der Waals surface area contributed by atoms with Crippen LogP contribution in [-0.2, 0) is 4.74 Å². The number of likely N-dealkylation sites (tertiary alicyclic amines) is 1. The summed E-state index contributed by atoms with van der Waals surface area (Å²) in [5.41, 5.74) is -0.383. The van der Waals surface area contributed by atoms with E-state index in [9.17, 15) is 4.79 Å². The van der Waals surface area contributed by atoms with Crippen molar-refractivity contribution in [2.75, 3.05) is 13.1 Å². The van der Waals surface area contributed by atoms with Crippen molar-refractivity contribution < 1.29 is 9.53 Å². The van der Waals surface area contributed by atoms with Gasteiger partial charge in [0.2, 0.25) is 0 Å². The highest BCUT2D eigenvalue weighted by atomic mass is 16.6. The zero-order chi connectivity index (χ0) is 10.3. The molecule has 14 heavy (non-hydrogen) atoms. The topological polar surface area (TPSA) is 41.6 Å². The number of fused-ring (bicyclic) bond motifs is 2. The minimum Gasteiger partial charge on any atom is -0.444 e. The van der Waals surface area contributed by atoms with Gasteiger partial charge in [0, 0.05) is 25.2 Å². The highest BCUT2D eigenvalue weighted by molar-refractivity contribution is 5.69. The van der Waals surface area contributed by atoms with Crippen molar-refractivity contribution in [3.63, 3.8) is 0 Å². The lowest BCUT2D eigenvalue weighted by Crippen LogP contribution is -2.48. The molecule has 1 amide bonds. The normalized spacial score (nSPS) is 30.9. The maximum atomic E-state index is 11.7. The van der Waals surface area contributed by atoms with Crippen LogP contribution in [0.3, 0.4) is 0 Å². The van der Waals surface area contributed by atoms with E-state index >= 15 is 0 Å². The summed E-state index contributed by atoms with van der Waals surface area (Å²) in [4.78, 5) is 13.6. The molecular weight excluding hydrogens is 180 g/mol. The molecule has 0 aromatic heterocycles. The molecule has 2 heterocycles. The number of hydrogen-bond acceptors (Lipinski definition) is 3. The van der Waals surface area contributed by atoms with E-state index in [2.05, 4.69) is 5.32 Å². The van der Waals surface area contributed by atoms with Gasteiger partial charge in [-0.25, -0.2) is 4.79 Å². The van der Waals surface area contributed by atoms with Gasteiger partial charge in [0.1, 0.15) is 5.60 Å². The third-order valence-electron chi connectivity index (χ3n) is 2.68. The Morgan fingerprint density at radius 3 is 2.64 bits per heavy atom. The summed E-state index contributed by atoms with van der Waals surface area (Å²) in [5, 5.41) is 3.35. The number of nitrogens with one attached hydrogen (secondary N) is 1. The summed E-state index contributed by atoms with van der Waals surface area (Å²) in [6.45, 7) is 7.43. The fourth-order valence-corrected chi connectivity index (χ4v) is 2.10. The lowest BCUT2D eigenvalue weighted by molar-refractivity contribution is 0.0204. The van der Waals surface area contributed by atoms with Crippen molar-refractivity contribution >= 4 is 6.09 Å². The van der Waals surface area contributed by atoms with E-state index in [0.29, 0.717) is 12.1 Å². The van der Waals surface area contributed by atoms with E-state index in [4.69, 9.17) is 4.74 Å². The average molecular weight is 198 g/mol. The molecule has 0 aliphatic carbocycles. The summed E-state index contributed by atoms with van der Waals surface area (Å²) < 4.78 is 5.33. The van der Waals surface area contributed by atoms with Crippen LogP contribution in [-0.4, -0.2) is 41.8 Å². The first kappa shape index (κ1) is 9.77. The Morgan fingerprint density at radius 2 is 2.21 bits per heavy atom. The molecule has 4 nitrogen and oxygen atoms in total. The SMILES string of the molecule is CC(C)(C)OC(=O)N1C[C@@H]2C[C@@H]1CN2. The number of carbonyl (C=O) groups excluding carboxylic acids is 1. The second-order valence-corrected chi connectivity index (χ2v) is 5.13. The first-order chi connectivity index (χ1) is 6.46. The number of hydrogen-bond donors (Lipinski definition) is 1. The Hall–Kier alpha value is -0.770. The molecule has 2 bridgehead atoms. The molecule has 2 aliphatic heterocycles. The molecule has 0 unspecified atom stereocenters. The Bertz CT molecular complexity index is 247. The number of piperazine rings is 1. The Kier molecular flexibility index (Phi) is 2.18. The molecule has 2 saturated heterocycles. The zero-order valence-corrected chi connectivity index (χ0v) is 9.04. The molecule has 2 fully saturated rings. The van der Waals surface area contributed by atoms with Gasteiger partial charge in [-0.1, -0.05) is 0 Å². The van der Waals surface area contributed by atoms with E-state index < -0.39 is 0 Å². The Morgan fingerprint density at radius 1 is 1.50 bits per heavy atom. The van der Waals surface area contributed by atoms with Crippen LogP contribution in [0.1, 0.15) is 27.2 Å². The number of amides is 1. The van der Waals surface area contributed by atoms with Crippen molar-refractivity contribution in [3.05, 3.63) is 0 Å². The lowest BCUT2D eigenvalue weighted by Gasteiger charge is -2.30. The number of rotatable bonds is 0. The molecule has 2 atom stereocenters. The van der Waals surface area contributed by atoms with Crippen molar-refractivity contribution in [3.8, 4) is 0 Å². The van der Waals surface area contributed by atoms with Gasteiger partial charge in [-0.15, -0.1) is 0 Å². The molecule has 1 N–H and O–H groups in total. The van der Waals surface area contributed by atoms with Crippen LogP contribution in [0, 0.1) is 0 Å². The van der Waals surface area contributed by atoms with Gasteiger partial charge in [0.15, 0.2) is 0 Å². The molecule has 2 aliphatic rings. The van der Waals surface area contributed by atoms with Gasteiger partial charge in [-0.2, -0.15) is 0 Å². The van der Waals surface area contributed by atoms with Crippen molar-refractivity contribution in [1.29, 1.82) is 0 Å². The van der Waals surface area contributed by atoms with E-state index in [1.807, 2.05) is 25.7 Å². The maximum Gasteiger partial charge on any atom is 0.410 e. The number of ether oxygens (including phenoxy) is 1. The van der Waals surface area contributed by atoms with Crippen LogP contribution < -0.4 is 5.32 Å². The lowest BCUT2D eigenvalue weighted by atomic mass is 10.2. The van der Waals surface area contributed by atoms with Gasteiger partial charge < -0.3 is 15.0 Å². The van der Waals surface area contributed by atoms with Gasteiger partial charge >= 0.3 is 6.09 Å². The molecule has 0 aromatic rings. The first-order valence-corrected chi connectivity index (χ1v) is 5.19. The predicted octanol–water partition coefficient (Wildman–Crippen LogP) is 0.968. The van der Waals surface area contributed by atoms with Crippen LogP contribution in [0.4, 0.5) is 4.79 Å². The first-order valence-electron chi connectivity index (χ1n) is 5.19. The molecule has 4 heteroatoms. The van der Waals surface area contributed by atoms with Gasteiger partial charge in [-0.3, -0.25) is 0 Å². The van der Waals surface area contributed by atoms with Crippen LogP contribution in [0.5, 0.6) is 0 Å². The van der Waals surface area contributed by atoms with E-state index in [0.717, 1.165) is 19.5 Å². The monoisotopic (exact) mass is 198 g/mol. The molecular formula is C10H18N2O2. The highest BCUT2D eigenvalue weighted by Crippen LogP contribution is 2.25. The predicted molar refractivity (Wildman–Crippen MR) is 53.1 cm³/mol. The molecule has 0 spiro atoms. The van der Waals surface area contributed by atoms with Gasteiger partial charge in [0.25, 0.3) is 0 Å². The third kappa shape index (κ3) is 1.85. The second-order valence-electron chi connectivity index (χ2n) is 5.13. The second kappa shape index (κ2) is 3.12. The van der Waals surface area contributed by atoms with Crippen molar-refractivity contribution in [1.82, 2.24) is 10.2 Å². The fraction of sp³-hybridized carbons (Fsp3) is 0.900. The van der Waals surface area contributed by atoms with E-state index in [1.54, 1.807) is 0 Å².